The minimum absolute atomic E-state index is 0.549. The van der Waals surface area contributed by atoms with Crippen molar-refractivity contribution < 1.29 is 0 Å². The Labute approximate surface area is 88.8 Å². The molecule has 2 aromatic rings. The van der Waals surface area contributed by atoms with E-state index in [1.807, 2.05) is 29.0 Å². The number of imidazole rings is 1. The van der Waals surface area contributed by atoms with Gasteiger partial charge in [0.15, 0.2) is 0 Å². The zero-order chi connectivity index (χ0) is 10.5. The average molecular weight is 197 g/mol. The first-order chi connectivity index (χ1) is 7.40. The van der Waals surface area contributed by atoms with Crippen molar-refractivity contribution in [1.82, 2.24) is 9.55 Å². The lowest BCUT2D eigenvalue weighted by atomic mass is 10.1. The van der Waals surface area contributed by atoms with Crippen molar-refractivity contribution in [2.75, 3.05) is 6.54 Å². The number of nitrogens with zero attached hydrogens (tertiary/aromatic N) is 3. The van der Waals surface area contributed by atoms with Crippen molar-refractivity contribution in [2.45, 2.75) is 6.42 Å². The summed E-state index contributed by atoms with van der Waals surface area (Å²) in [5.41, 5.74) is 2.28. The zero-order valence-corrected chi connectivity index (χ0v) is 8.30. The van der Waals surface area contributed by atoms with E-state index < -0.39 is 0 Å². The second-order valence-corrected chi connectivity index (χ2v) is 3.27. The van der Waals surface area contributed by atoms with Gasteiger partial charge < -0.3 is 9.41 Å². The fraction of sp³-hybridized carbons (Fsp3) is 0.167. The molecule has 0 spiro atoms. The number of hydrogen-bond acceptors (Lipinski definition) is 1. The molecule has 0 N–H and O–H groups in total. The highest BCUT2D eigenvalue weighted by atomic mass is 15.0. The summed E-state index contributed by atoms with van der Waals surface area (Å²) < 4.78 is 1.96. The van der Waals surface area contributed by atoms with E-state index in [1.54, 1.807) is 12.5 Å². The van der Waals surface area contributed by atoms with Crippen molar-refractivity contribution >= 4 is 0 Å². The summed E-state index contributed by atoms with van der Waals surface area (Å²) >= 11 is 0. The Morgan fingerprint density at radius 1 is 1.40 bits per heavy atom. The first-order valence-electron chi connectivity index (χ1n) is 4.80. The van der Waals surface area contributed by atoms with Crippen molar-refractivity contribution in [3.63, 3.8) is 0 Å². The molecule has 1 heterocycles. The predicted molar refractivity (Wildman–Crippen MR) is 58.7 cm³/mol. The van der Waals surface area contributed by atoms with Crippen LogP contribution in [0.4, 0.5) is 0 Å². The molecule has 0 radical (unpaired) electrons. The van der Waals surface area contributed by atoms with E-state index in [-0.39, 0.29) is 0 Å². The van der Waals surface area contributed by atoms with Crippen LogP contribution < -0.4 is 0 Å². The highest BCUT2D eigenvalue weighted by molar-refractivity contribution is 5.35. The topological polar surface area (TPSA) is 22.2 Å². The predicted octanol–water partition coefficient (Wildman–Crippen LogP) is 2.33. The van der Waals surface area contributed by atoms with Gasteiger partial charge in [0.2, 0.25) is 6.54 Å². The van der Waals surface area contributed by atoms with Gasteiger partial charge in [-0.1, -0.05) is 12.1 Å². The standard InChI is InChI=1S/C12H11N3/c1-13-6-5-11-3-2-4-12(9-11)15-8-7-14-10-15/h2-4,7-10H,5-6H2. The van der Waals surface area contributed by atoms with Gasteiger partial charge in [0.05, 0.1) is 6.33 Å². The maximum Gasteiger partial charge on any atom is 0.218 e. The number of aromatic nitrogens is 2. The lowest BCUT2D eigenvalue weighted by molar-refractivity contribution is 1.03. The molecule has 0 aliphatic heterocycles. The normalized spacial score (nSPS) is 9.80. The van der Waals surface area contributed by atoms with Crippen molar-refractivity contribution in [2.24, 2.45) is 0 Å². The summed E-state index contributed by atoms with van der Waals surface area (Å²) in [6, 6.07) is 8.18. The van der Waals surface area contributed by atoms with Crippen LogP contribution in [0, 0.1) is 6.57 Å². The molecule has 0 amide bonds. The van der Waals surface area contributed by atoms with E-state index >= 15 is 0 Å². The van der Waals surface area contributed by atoms with Crippen LogP contribution in [0.2, 0.25) is 0 Å². The summed E-state index contributed by atoms with van der Waals surface area (Å²) in [6.07, 6.45) is 6.25. The van der Waals surface area contributed by atoms with Crippen LogP contribution in [0.15, 0.2) is 43.0 Å². The number of benzene rings is 1. The van der Waals surface area contributed by atoms with Crippen LogP contribution in [0.25, 0.3) is 10.5 Å². The van der Waals surface area contributed by atoms with E-state index in [4.69, 9.17) is 6.57 Å². The summed E-state index contributed by atoms with van der Waals surface area (Å²) in [6.45, 7) is 7.30. The summed E-state index contributed by atoms with van der Waals surface area (Å²) in [5, 5.41) is 0. The molecule has 1 aromatic heterocycles. The van der Waals surface area contributed by atoms with Gasteiger partial charge in [-0.3, -0.25) is 0 Å². The fourth-order valence-corrected chi connectivity index (χ4v) is 1.47. The van der Waals surface area contributed by atoms with Gasteiger partial charge in [0.1, 0.15) is 0 Å². The third kappa shape index (κ3) is 2.23. The summed E-state index contributed by atoms with van der Waals surface area (Å²) in [4.78, 5) is 7.36. The minimum atomic E-state index is 0.549. The van der Waals surface area contributed by atoms with E-state index in [0.29, 0.717) is 6.54 Å². The summed E-state index contributed by atoms with van der Waals surface area (Å²) in [7, 11) is 0. The average Bonchev–Trinajstić information content (AvgIpc) is 2.80. The molecule has 0 atom stereocenters. The van der Waals surface area contributed by atoms with Crippen LogP contribution in [-0.4, -0.2) is 16.1 Å². The lowest BCUT2D eigenvalue weighted by Crippen LogP contribution is -1.93. The molecular weight excluding hydrogens is 186 g/mol. The zero-order valence-electron chi connectivity index (χ0n) is 8.30. The Hall–Kier alpha value is -2.08. The Morgan fingerprint density at radius 2 is 2.33 bits per heavy atom. The molecule has 15 heavy (non-hydrogen) atoms. The van der Waals surface area contributed by atoms with E-state index in [1.165, 1.54) is 5.56 Å². The first kappa shape index (κ1) is 9.47. The molecule has 0 aliphatic carbocycles. The molecule has 0 aliphatic rings. The fourth-order valence-electron chi connectivity index (χ4n) is 1.47. The Morgan fingerprint density at radius 3 is 3.07 bits per heavy atom. The van der Waals surface area contributed by atoms with Gasteiger partial charge in [-0.25, -0.2) is 11.6 Å². The molecule has 3 heteroatoms. The van der Waals surface area contributed by atoms with Gasteiger partial charge in [-0.05, 0) is 17.7 Å². The molecule has 0 saturated heterocycles. The van der Waals surface area contributed by atoms with Gasteiger partial charge in [-0.15, -0.1) is 0 Å². The minimum Gasteiger partial charge on any atom is -0.317 e. The SMILES string of the molecule is [C-]#[N+]CCc1cccc(-n2ccnc2)c1. The van der Waals surface area contributed by atoms with Crippen LogP contribution in [0.5, 0.6) is 0 Å². The number of rotatable bonds is 3. The third-order valence-corrected chi connectivity index (χ3v) is 2.23. The van der Waals surface area contributed by atoms with Gasteiger partial charge in [0.25, 0.3) is 0 Å². The molecule has 2 rings (SSSR count). The molecule has 0 bridgehead atoms. The maximum atomic E-state index is 6.75. The second-order valence-electron chi connectivity index (χ2n) is 3.27. The van der Waals surface area contributed by atoms with E-state index in [9.17, 15) is 0 Å². The van der Waals surface area contributed by atoms with Crippen molar-refractivity contribution in [1.29, 1.82) is 0 Å². The quantitative estimate of drug-likeness (QED) is 0.692. The Kier molecular flexibility index (Phi) is 2.80. The molecule has 0 unspecified atom stereocenters. The van der Waals surface area contributed by atoms with Gasteiger partial charge in [0, 0.05) is 24.5 Å². The monoisotopic (exact) mass is 197 g/mol. The van der Waals surface area contributed by atoms with Crippen LogP contribution in [-0.2, 0) is 6.42 Å². The van der Waals surface area contributed by atoms with E-state index in [0.717, 1.165) is 12.1 Å². The van der Waals surface area contributed by atoms with Crippen LogP contribution in [0.1, 0.15) is 5.56 Å². The van der Waals surface area contributed by atoms with Gasteiger partial charge >= 0.3 is 0 Å². The molecule has 3 nitrogen and oxygen atoms in total. The van der Waals surface area contributed by atoms with Crippen LogP contribution in [0.3, 0.4) is 0 Å². The first-order valence-corrected chi connectivity index (χ1v) is 4.80. The maximum absolute atomic E-state index is 6.75. The molecule has 0 saturated carbocycles. The molecule has 74 valence electrons. The van der Waals surface area contributed by atoms with Crippen molar-refractivity contribution in [3.05, 3.63) is 60.0 Å². The summed E-state index contributed by atoms with van der Waals surface area (Å²) in [5.74, 6) is 0. The molecular formula is C12H11N3. The molecule has 1 aromatic carbocycles. The smallest absolute Gasteiger partial charge is 0.218 e. The third-order valence-electron chi connectivity index (χ3n) is 2.23. The number of hydrogen-bond donors (Lipinski definition) is 0. The lowest BCUT2D eigenvalue weighted by Gasteiger charge is -2.03. The highest BCUT2D eigenvalue weighted by Gasteiger charge is 1.98. The second kappa shape index (κ2) is 4.43. The Balaban J connectivity index is 2.24. The highest BCUT2D eigenvalue weighted by Crippen LogP contribution is 2.10. The van der Waals surface area contributed by atoms with Gasteiger partial charge in [-0.2, -0.15) is 0 Å². The van der Waals surface area contributed by atoms with Crippen LogP contribution >= 0.6 is 0 Å². The van der Waals surface area contributed by atoms with E-state index in [2.05, 4.69) is 15.9 Å². The molecule has 0 fully saturated rings. The van der Waals surface area contributed by atoms with Crippen molar-refractivity contribution in [3.8, 4) is 5.69 Å². The largest absolute Gasteiger partial charge is 0.317 e. The Bertz CT molecular complexity index is 466.